The fourth-order valence-corrected chi connectivity index (χ4v) is 2.85. The number of carbonyl (C=O) groups is 2. The van der Waals surface area contributed by atoms with Crippen LogP contribution in [-0.4, -0.2) is 43.0 Å². The summed E-state index contributed by atoms with van der Waals surface area (Å²) in [6.07, 6.45) is 3.55. The van der Waals surface area contributed by atoms with E-state index in [4.69, 9.17) is 4.74 Å². The van der Waals surface area contributed by atoms with Gasteiger partial charge in [0.05, 0.1) is 13.5 Å². The molecule has 1 fully saturated rings. The zero-order valence-corrected chi connectivity index (χ0v) is 14.0. The normalized spacial score (nSPS) is 15.3. The molecular weight excluding hydrogens is 292 g/mol. The fraction of sp³-hybridized carbons (Fsp3) is 0.556. The molecule has 0 aliphatic carbocycles. The first-order valence-corrected chi connectivity index (χ1v) is 8.32. The summed E-state index contributed by atoms with van der Waals surface area (Å²) >= 11 is 0. The predicted molar refractivity (Wildman–Crippen MR) is 89.4 cm³/mol. The van der Waals surface area contributed by atoms with E-state index >= 15 is 0 Å². The highest BCUT2D eigenvalue weighted by Gasteiger charge is 2.23. The minimum Gasteiger partial charge on any atom is -0.497 e. The fourth-order valence-electron chi connectivity index (χ4n) is 2.85. The van der Waals surface area contributed by atoms with Crippen LogP contribution < -0.4 is 10.1 Å². The summed E-state index contributed by atoms with van der Waals surface area (Å²) in [6.45, 7) is 3.50. The molecule has 1 aromatic rings. The maximum Gasteiger partial charge on any atom is 0.224 e. The number of hydrogen-bond acceptors (Lipinski definition) is 3. The van der Waals surface area contributed by atoms with Gasteiger partial charge in [-0.1, -0.05) is 19.1 Å². The molecule has 1 aliphatic heterocycles. The van der Waals surface area contributed by atoms with Crippen molar-refractivity contribution in [1.82, 2.24) is 10.2 Å². The number of ether oxygens (including phenoxy) is 1. The first kappa shape index (κ1) is 17.3. The molecule has 1 heterocycles. The van der Waals surface area contributed by atoms with Crippen molar-refractivity contribution in [1.29, 1.82) is 0 Å². The van der Waals surface area contributed by atoms with Crippen molar-refractivity contribution in [3.8, 4) is 5.75 Å². The van der Waals surface area contributed by atoms with E-state index in [2.05, 4.69) is 5.32 Å². The average Bonchev–Trinajstić information content (AvgIpc) is 2.56. The number of benzene rings is 1. The molecule has 0 saturated carbocycles. The Labute approximate surface area is 138 Å². The molecular formula is C18H26N2O3. The Hall–Kier alpha value is -2.04. The highest BCUT2D eigenvalue weighted by Crippen LogP contribution is 2.14. The third-order valence-corrected chi connectivity index (χ3v) is 4.20. The van der Waals surface area contributed by atoms with Crippen molar-refractivity contribution in [2.45, 2.75) is 45.1 Å². The highest BCUT2D eigenvalue weighted by molar-refractivity contribution is 5.79. The summed E-state index contributed by atoms with van der Waals surface area (Å²) in [5, 5.41) is 3.08. The number of likely N-dealkylation sites (tertiary alicyclic amines) is 1. The van der Waals surface area contributed by atoms with Crippen LogP contribution >= 0.6 is 0 Å². The van der Waals surface area contributed by atoms with E-state index in [1.54, 1.807) is 7.11 Å². The van der Waals surface area contributed by atoms with Gasteiger partial charge in [-0.15, -0.1) is 0 Å². The lowest BCUT2D eigenvalue weighted by atomic mass is 10.0. The Kier molecular flexibility index (Phi) is 6.44. The quantitative estimate of drug-likeness (QED) is 0.874. The number of nitrogens with zero attached hydrogens (tertiary/aromatic N) is 1. The Morgan fingerprint density at radius 2 is 1.87 bits per heavy atom. The van der Waals surface area contributed by atoms with Gasteiger partial charge in [0.15, 0.2) is 0 Å². The smallest absolute Gasteiger partial charge is 0.224 e. The number of amides is 2. The number of carbonyl (C=O) groups excluding carboxylic acids is 2. The number of piperidine rings is 1. The van der Waals surface area contributed by atoms with E-state index in [1.807, 2.05) is 36.1 Å². The van der Waals surface area contributed by atoms with Crippen molar-refractivity contribution in [3.63, 3.8) is 0 Å². The van der Waals surface area contributed by atoms with E-state index in [0.29, 0.717) is 12.8 Å². The molecule has 2 amide bonds. The molecule has 0 unspecified atom stereocenters. The largest absolute Gasteiger partial charge is 0.497 e. The lowest BCUT2D eigenvalue weighted by molar-refractivity contribution is -0.132. The van der Waals surface area contributed by atoms with Crippen LogP contribution in [0.2, 0.25) is 0 Å². The van der Waals surface area contributed by atoms with Gasteiger partial charge < -0.3 is 15.0 Å². The van der Waals surface area contributed by atoms with Gasteiger partial charge in [0.25, 0.3) is 0 Å². The predicted octanol–water partition coefficient (Wildman–Crippen LogP) is 2.14. The van der Waals surface area contributed by atoms with E-state index in [-0.39, 0.29) is 17.9 Å². The standard InChI is InChI=1S/C18H26N2O3/c1-3-4-18(22)20-11-9-15(10-12-20)19-17(21)13-14-5-7-16(23-2)8-6-14/h5-8,15H,3-4,9-13H2,1-2H3,(H,19,21). The summed E-state index contributed by atoms with van der Waals surface area (Å²) in [7, 11) is 1.62. The van der Waals surface area contributed by atoms with Gasteiger partial charge in [0, 0.05) is 25.6 Å². The molecule has 0 aromatic heterocycles. The Morgan fingerprint density at radius 3 is 2.43 bits per heavy atom. The van der Waals surface area contributed by atoms with Crippen molar-refractivity contribution in [2.24, 2.45) is 0 Å². The molecule has 2 rings (SSSR count). The number of hydrogen-bond donors (Lipinski definition) is 1. The lowest BCUT2D eigenvalue weighted by Gasteiger charge is -2.32. The molecule has 5 nitrogen and oxygen atoms in total. The van der Waals surface area contributed by atoms with Gasteiger partial charge in [0.1, 0.15) is 5.75 Å². The molecule has 0 bridgehead atoms. The van der Waals surface area contributed by atoms with E-state index in [9.17, 15) is 9.59 Å². The van der Waals surface area contributed by atoms with Crippen LogP contribution in [-0.2, 0) is 16.0 Å². The number of methoxy groups -OCH3 is 1. The van der Waals surface area contributed by atoms with Gasteiger partial charge >= 0.3 is 0 Å². The Morgan fingerprint density at radius 1 is 1.22 bits per heavy atom. The molecule has 0 spiro atoms. The maximum absolute atomic E-state index is 12.1. The first-order valence-electron chi connectivity index (χ1n) is 8.32. The van der Waals surface area contributed by atoms with Gasteiger partial charge in [0.2, 0.25) is 11.8 Å². The third-order valence-electron chi connectivity index (χ3n) is 4.20. The molecule has 126 valence electrons. The third kappa shape index (κ3) is 5.27. The minimum absolute atomic E-state index is 0.0356. The van der Waals surface area contributed by atoms with Crippen molar-refractivity contribution in [2.75, 3.05) is 20.2 Å². The van der Waals surface area contributed by atoms with Gasteiger partial charge in [-0.3, -0.25) is 9.59 Å². The van der Waals surface area contributed by atoms with E-state index < -0.39 is 0 Å². The van der Waals surface area contributed by atoms with Crippen molar-refractivity contribution in [3.05, 3.63) is 29.8 Å². The Bertz CT molecular complexity index is 520. The van der Waals surface area contributed by atoms with Crippen LogP contribution in [0.5, 0.6) is 5.75 Å². The van der Waals surface area contributed by atoms with Crippen molar-refractivity contribution >= 4 is 11.8 Å². The SMILES string of the molecule is CCCC(=O)N1CCC(NC(=O)Cc2ccc(OC)cc2)CC1. The summed E-state index contributed by atoms with van der Waals surface area (Å²) in [5.74, 6) is 1.06. The summed E-state index contributed by atoms with van der Waals surface area (Å²) in [4.78, 5) is 25.9. The molecule has 1 aliphatic rings. The van der Waals surface area contributed by atoms with Crippen LogP contribution in [0.15, 0.2) is 24.3 Å². The summed E-state index contributed by atoms with van der Waals surface area (Å²) in [6, 6.07) is 7.71. The van der Waals surface area contributed by atoms with Gasteiger partial charge in [-0.25, -0.2) is 0 Å². The monoisotopic (exact) mass is 318 g/mol. The topological polar surface area (TPSA) is 58.6 Å². The van der Waals surface area contributed by atoms with Crippen molar-refractivity contribution < 1.29 is 14.3 Å². The molecule has 23 heavy (non-hydrogen) atoms. The van der Waals surface area contributed by atoms with E-state index in [0.717, 1.165) is 43.7 Å². The first-order chi connectivity index (χ1) is 11.1. The molecule has 1 aromatic carbocycles. The summed E-state index contributed by atoms with van der Waals surface area (Å²) in [5.41, 5.74) is 0.971. The van der Waals surface area contributed by atoms with Crippen LogP contribution in [0, 0.1) is 0 Å². The van der Waals surface area contributed by atoms with E-state index in [1.165, 1.54) is 0 Å². The minimum atomic E-state index is 0.0356. The van der Waals surface area contributed by atoms with Crippen LogP contribution in [0.3, 0.4) is 0 Å². The molecule has 1 saturated heterocycles. The summed E-state index contributed by atoms with van der Waals surface area (Å²) < 4.78 is 5.11. The zero-order valence-electron chi connectivity index (χ0n) is 14.0. The second kappa shape index (κ2) is 8.56. The second-order valence-corrected chi connectivity index (χ2v) is 6.00. The molecule has 1 N–H and O–H groups in total. The molecule has 5 heteroatoms. The van der Waals surface area contributed by atoms with Gasteiger partial charge in [-0.2, -0.15) is 0 Å². The molecule has 0 atom stereocenters. The number of nitrogens with one attached hydrogen (secondary N) is 1. The van der Waals surface area contributed by atoms with Gasteiger partial charge in [-0.05, 0) is 37.0 Å². The second-order valence-electron chi connectivity index (χ2n) is 6.00. The van der Waals surface area contributed by atoms with Crippen LogP contribution in [0.4, 0.5) is 0 Å². The Balaban J connectivity index is 1.75. The van der Waals surface area contributed by atoms with Crippen LogP contribution in [0.25, 0.3) is 0 Å². The number of rotatable bonds is 6. The van der Waals surface area contributed by atoms with Crippen LogP contribution in [0.1, 0.15) is 38.2 Å². The molecule has 0 radical (unpaired) electrons. The average molecular weight is 318 g/mol. The highest BCUT2D eigenvalue weighted by atomic mass is 16.5. The zero-order chi connectivity index (χ0) is 16.7. The maximum atomic E-state index is 12.1. The lowest BCUT2D eigenvalue weighted by Crippen LogP contribution is -2.46.